The molecule has 0 unspecified atom stereocenters. The molecule has 8 heteroatoms. The molecule has 6 nitrogen and oxygen atoms in total. The smallest absolute Gasteiger partial charge is 0.238 e. The maximum absolute atomic E-state index is 9.23. The number of aromatic nitrogens is 2. The minimum atomic E-state index is 0.314. The molecule has 0 saturated carbocycles. The number of hydrogen-bond donors (Lipinski definition) is 1. The van der Waals surface area contributed by atoms with Crippen molar-refractivity contribution in [2.45, 2.75) is 39.3 Å². The minimum absolute atomic E-state index is 0.314. The fourth-order valence-corrected chi connectivity index (χ4v) is 4.49. The first-order valence-corrected chi connectivity index (χ1v) is 12.0. The fraction of sp³-hybridized carbons (Fsp3) is 0.320. The van der Waals surface area contributed by atoms with Crippen molar-refractivity contribution < 1.29 is 4.74 Å². The summed E-state index contributed by atoms with van der Waals surface area (Å²) in [6.45, 7) is 6.47. The maximum Gasteiger partial charge on any atom is 0.238 e. The van der Waals surface area contributed by atoms with Gasteiger partial charge in [0.1, 0.15) is 5.75 Å². The molecule has 1 N–H and O–H groups in total. The van der Waals surface area contributed by atoms with Crippen LogP contribution in [0, 0.1) is 25.2 Å². The molecule has 2 aromatic carbocycles. The van der Waals surface area contributed by atoms with Gasteiger partial charge in [-0.25, -0.2) is 4.98 Å². The third-order valence-corrected chi connectivity index (χ3v) is 6.56. The van der Waals surface area contributed by atoms with Crippen LogP contribution in [0.2, 0.25) is 5.02 Å². The second kappa shape index (κ2) is 10.5. The number of halogens is 2. The van der Waals surface area contributed by atoms with E-state index in [1.54, 1.807) is 6.20 Å². The average molecular weight is 527 g/mol. The lowest BCUT2D eigenvalue weighted by Crippen LogP contribution is -2.43. The van der Waals surface area contributed by atoms with Gasteiger partial charge in [-0.15, -0.1) is 0 Å². The van der Waals surface area contributed by atoms with E-state index in [-0.39, 0.29) is 0 Å². The summed E-state index contributed by atoms with van der Waals surface area (Å²) in [6.07, 6.45) is 3.76. The van der Waals surface area contributed by atoms with Crippen LogP contribution in [0.1, 0.15) is 35.1 Å². The Morgan fingerprint density at radius 2 is 1.85 bits per heavy atom. The molecule has 0 bridgehead atoms. The number of hydrogen-bond acceptors (Lipinski definition) is 6. The minimum Gasteiger partial charge on any atom is -0.437 e. The van der Waals surface area contributed by atoms with Crippen molar-refractivity contribution >= 4 is 33.5 Å². The molecule has 170 valence electrons. The molecule has 1 saturated heterocycles. The van der Waals surface area contributed by atoms with E-state index in [0.29, 0.717) is 40.2 Å². The lowest BCUT2D eigenvalue weighted by atomic mass is 10.0. The summed E-state index contributed by atoms with van der Waals surface area (Å²) in [5, 5.41) is 13.4. The number of nitrogens with zero attached hydrogens (tertiary/aromatic N) is 4. The summed E-state index contributed by atoms with van der Waals surface area (Å²) in [7, 11) is 0. The van der Waals surface area contributed by atoms with Gasteiger partial charge in [0.2, 0.25) is 11.8 Å². The molecule has 2 heterocycles. The number of piperidine rings is 1. The fourth-order valence-electron chi connectivity index (χ4n) is 4.09. The molecular formula is C25H25BrClN5O. The summed E-state index contributed by atoms with van der Waals surface area (Å²) < 4.78 is 6.92. The highest BCUT2D eigenvalue weighted by molar-refractivity contribution is 9.10. The predicted octanol–water partition coefficient (Wildman–Crippen LogP) is 5.93. The third-order valence-electron chi connectivity index (χ3n) is 5.76. The standard InChI is InChI=1S/C25H25BrClN5O/c1-16-11-19(13-28)12-17(2)23(16)33-24-22(26)14-30-25(31-24)32(21-7-9-29-10-8-21)15-18-3-5-20(27)6-4-18/h3-6,11-12,14,21,29H,7-10,15H2,1-2H3. The zero-order valence-corrected chi connectivity index (χ0v) is 20.9. The first-order chi connectivity index (χ1) is 15.9. The van der Waals surface area contributed by atoms with Gasteiger partial charge in [-0.05, 0) is 96.7 Å². The quantitative estimate of drug-likeness (QED) is 0.429. The topological polar surface area (TPSA) is 74.1 Å². The van der Waals surface area contributed by atoms with E-state index < -0.39 is 0 Å². The van der Waals surface area contributed by atoms with Crippen LogP contribution in [-0.4, -0.2) is 29.1 Å². The Labute approximate surface area is 207 Å². The summed E-state index contributed by atoms with van der Waals surface area (Å²) in [5.74, 6) is 1.77. The van der Waals surface area contributed by atoms with Gasteiger partial charge in [-0.2, -0.15) is 10.2 Å². The van der Waals surface area contributed by atoms with Crippen LogP contribution in [0.15, 0.2) is 47.1 Å². The molecule has 1 fully saturated rings. The van der Waals surface area contributed by atoms with Crippen molar-refractivity contribution in [1.29, 1.82) is 5.26 Å². The lowest BCUT2D eigenvalue weighted by Gasteiger charge is -2.35. The highest BCUT2D eigenvalue weighted by Gasteiger charge is 2.25. The highest BCUT2D eigenvalue weighted by Crippen LogP contribution is 2.34. The van der Waals surface area contributed by atoms with Crippen molar-refractivity contribution in [3.63, 3.8) is 0 Å². The van der Waals surface area contributed by atoms with Crippen LogP contribution in [0.4, 0.5) is 5.95 Å². The summed E-state index contributed by atoms with van der Waals surface area (Å²) in [6, 6.07) is 14.0. The van der Waals surface area contributed by atoms with Crippen LogP contribution in [-0.2, 0) is 6.54 Å². The Hall–Kier alpha value is -2.66. The first kappa shape index (κ1) is 23.5. The SMILES string of the molecule is Cc1cc(C#N)cc(C)c1Oc1nc(N(Cc2ccc(Cl)cc2)C2CCNCC2)ncc1Br. The molecule has 0 spiro atoms. The van der Waals surface area contributed by atoms with Gasteiger partial charge in [-0.1, -0.05) is 23.7 Å². The van der Waals surface area contributed by atoms with Crippen LogP contribution < -0.4 is 15.0 Å². The number of nitriles is 1. The summed E-state index contributed by atoms with van der Waals surface area (Å²) >= 11 is 9.63. The number of benzene rings is 2. The van der Waals surface area contributed by atoms with E-state index in [1.165, 1.54) is 0 Å². The van der Waals surface area contributed by atoms with Gasteiger partial charge in [0.25, 0.3) is 0 Å². The van der Waals surface area contributed by atoms with E-state index in [4.69, 9.17) is 21.3 Å². The van der Waals surface area contributed by atoms with E-state index in [0.717, 1.165) is 47.6 Å². The van der Waals surface area contributed by atoms with Crippen molar-refractivity contribution in [1.82, 2.24) is 15.3 Å². The number of anilines is 1. The number of nitrogens with one attached hydrogen (secondary N) is 1. The first-order valence-electron chi connectivity index (χ1n) is 10.9. The predicted molar refractivity (Wildman–Crippen MR) is 134 cm³/mol. The molecule has 1 aliphatic rings. The van der Waals surface area contributed by atoms with Gasteiger partial charge in [0.05, 0.1) is 22.3 Å². The molecular weight excluding hydrogens is 502 g/mol. The van der Waals surface area contributed by atoms with E-state index in [1.807, 2.05) is 50.2 Å². The Morgan fingerprint density at radius 1 is 1.18 bits per heavy atom. The Morgan fingerprint density at radius 3 is 2.48 bits per heavy atom. The van der Waals surface area contributed by atoms with Gasteiger partial charge in [0, 0.05) is 17.6 Å². The molecule has 0 radical (unpaired) electrons. The molecule has 0 atom stereocenters. The van der Waals surface area contributed by atoms with E-state index in [2.05, 4.69) is 37.2 Å². The van der Waals surface area contributed by atoms with Crippen molar-refractivity contribution in [3.05, 3.63) is 74.3 Å². The second-order valence-corrected chi connectivity index (χ2v) is 9.50. The van der Waals surface area contributed by atoms with Crippen molar-refractivity contribution in [3.8, 4) is 17.7 Å². The molecule has 33 heavy (non-hydrogen) atoms. The lowest BCUT2D eigenvalue weighted by molar-refractivity contribution is 0.417. The molecule has 1 aliphatic heterocycles. The average Bonchev–Trinajstić information content (AvgIpc) is 2.82. The van der Waals surface area contributed by atoms with Crippen LogP contribution >= 0.6 is 27.5 Å². The normalized spacial score (nSPS) is 14.0. The van der Waals surface area contributed by atoms with E-state index in [9.17, 15) is 5.26 Å². The van der Waals surface area contributed by atoms with Crippen molar-refractivity contribution in [2.75, 3.05) is 18.0 Å². The van der Waals surface area contributed by atoms with Gasteiger partial charge >= 0.3 is 0 Å². The summed E-state index contributed by atoms with van der Waals surface area (Å²) in [5.41, 5.74) is 3.52. The second-order valence-electron chi connectivity index (χ2n) is 8.21. The van der Waals surface area contributed by atoms with Gasteiger partial charge in [-0.3, -0.25) is 0 Å². The summed E-state index contributed by atoms with van der Waals surface area (Å²) in [4.78, 5) is 11.7. The van der Waals surface area contributed by atoms with Crippen LogP contribution in [0.5, 0.6) is 11.6 Å². The van der Waals surface area contributed by atoms with Crippen LogP contribution in [0.25, 0.3) is 0 Å². The molecule has 3 aromatic rings. The largest absolute Gasteiger partial charge is 0.437 e. The highest BCUT2D eigenvalue weighted by atomic mass is 79.9. The van der Waals surface area contributed by atoms with Crippen LogP contribution in [0.3, 0.4) is 0 Å². The number of rotatable bonds is 6. The zero-order valence-electron chi connectivity index (χ0n) is 18.6. The number of aryl methyl sites for hydroxylation is 2. The Bertz CT molecular complexity index is 1150. The van der Waals surface area contributed by atoms with Gasteiger partial charge < -0.3 is 15.0 Å². The van der Waals surface area contributed by atoms with Crippen molar-refractivity contribution in [2.24, 2.45) is 0 Å². The molecule has 0 aliphatic carbocycles. The maximum atomic E-state index is 9.23. The molecule has 0 amide bonds. The molecule has 4 rings (SSSR count). The van der Waals surface area contributed by atoms with E-state index >= 15 is 0 Å². The number of ether oxygens (including phenoxy) is 1. The van der Waals surface area contributed by atoms with Gasteiger partial charge in [0.15, 0.2) is 0 Å². The molecule has 1 aromatic heterocycles. The zero-order chi connectivity index (χ0) is 23.4. The monoisotopic (exact) mass is 525 g/mol. The Kier molecular flexibility index (Phi) is 7.49. The third kappa shape index (κ3) is 5.64. The Balaban J connectivity index is 1.67.